The lowest BCUT2D eigenvalue weighted by Crippen LogP contribution is -2.23. The fraction of sp³-hybridized carbons (Fsp3) is 0.417. The van der Waals surface area contributed by atoms with Gasteiger partial charge in [0, 0.05) is 18.0 Å². The topological polar surface area (TPSA) is 52.8 Å². The highest BCUT2D eigenvalue weighted by Crippen LogP contribution is 2.27. The molecule has 0 saturated carbocycles. The summed E-state index contributed by atoms with van der Waals surface area (Å²) in [6.45, 7) is 3.44. The van der Waals surface area contributed by atoms with Gasteiger partial charge >= 0.3 is 0 Å². The zero-order valence-corrected chi connectivity index (χ0v) is 9.71. The summed E-state index contributed by atoms with van der Waals surface area (Å²) in [5.74, 6) is 1.83. The van der Waals surface area contributed by atoms with E-state index in [4.69, 9.17) is 4.74 Å². The first-order chi connectivity index (χ1) is 8.40. The van der Waals surface area contributed by atoms with Crippen molar-refractivity contribution in [3.05, 3.63) is 30.4 Å². The van der Waals surface area contributed by atoms with E-state index in [1.54, 1.807) is 12.4 Å². The molecule has 0 fully saturated rings. The zero-order chi connectivity index (χ0) is 11.7. The van der Waals surface area contributed by atoms with E-state index in [-0.39, 0.29) is 0 Å². The van der Waals surface area contributed by atoms with Crippen molar-refractivity contribution in [2.75, 3.05) is 6.61 Å². The monoisotopic (exact) mass is 230 g/mol. The predicted octanol–water partition coefficient (Wildman–Crippen LogP) is 1.82. The molecular formula is C12H14N4O. The Morgan fingerprint density at radius 3 is 2.94 bits per heavy atom. The summed E-state index contributed by atoms with van der Waals surface area (Å²) in [6.07, 6.45) is 4.57. The molecule has 17 heavy (non-hydrogen) atoms. The molecule has 2 aromatic rings. The van der Waals surface area contributed by atoms with E-state index < -0.39 is 0 Å². The van der Waals surface area contributed by atoms with Crippen LogP contribution in [-0.2, 0) is 11.3 Å². The summed E-state index contributed by atoms with van der Waals surface area (Å²) in [4.78, 5) is 4.02. The van der Waals surface area contributed by atoms with E-state index >= 15 is 0 Å². The number of aromatic nitrogens is 4. The summed E-state index contributed by atoms with van der Waals surface area (Å²) in [5.41, 5.74) is 1.05. The molecule has 3 heterocycles. The van der Waals surface area contributed by atoms with Gasteiger partial charge in [-0.3, -0.25) is 4.98 Å². The maximum atomic E-state index is 5.51. The Bertz CT molecular complexity index is 508. The summed E-state index contributed by atoms with van der Waals surface area (Å²) < 4.78 is 7.71. The third kappa shape index (κ3) is 1.72. The second kappa shape index (κ2) is 4.25. The molecule has 2 aromatic heterocycles. The number of rotatable bonds is 2. The minimum absolute atomic E-state index is 0.330. The van der Waals surface area contributed by atoms with Crippen molar-refractivity contribution >= 4 is 0 Å². The Hall–Kier alpha value is -1.75. The van der Waals surface area contributed by atoms with Gasteiger partial charge in [-0.1, -0.05) is 6.92 Å². The van der Waals surface area contributed by atoms with Crippen LogP contribution in [0, 0.1) is 0 Å². The van der Waals surface area contributed by atoms with Crippen LogP contribution in [0.2, 0.25) is 0 Å². The number of hydrogen-bond acceptors (Lipinski definition) is 4. The van der Waals surface area contributed by atoms with Crippen molar-refractivity contribution in [3.63, 3.8) is 0 Å². The molecule has 1 aliphatic rings. The molecule has 5 heteroatoms. The molecule has 0 bridgehead atoms. The lowest BCUT2D eigenvalue weighted by atomic mass is 10.2. The molecule has 0 spiro atoms. The minimum Gasteiger partial charge on any atom is -0.371 e. The minimum atomic E-state index is 0.330. The van der Waals surface area contributed by atoms with Gasteiger partial charge in [-0.2, -0.15) is 0 Å². The molecular weight excluding hydrogens is 216 g/mol. The Morgan fingerprint density at radius 2 is 2.18 bits per heavy atom. The highest BCUT2D eigenvalue weighted by molar-refractivity contribution is 5.54. The molecule has 0 saturated heterocycles. The first-order valence-electron chi connectivity index (χ1n) is 5.82. The molecule has 0 aliphatic carbocycles. The first-order valence-corrected chi connectivity index (χ1v) is 5.82. The van der Waals surface area contributed by atoms with Crippen LogP contribution in [0.15, 0.2) is 24.5 Å². The second-order valence-electron chi connectivity index (χ2n) is 4.12. The fourth-order valence-corrected chi connectivity index (χ4v) is 2.16. The number of hydrogen-bond donors (Lipinski definition) is 0. The Kier molecular flexibility index (Phi) is 2.60. The molecule has 0 amide bonds. The van der Waals surface area contributed by atoms with E-state index in [0.717, 1.165) is 30.2 Å². The number of ether oxygens (including phenoxy) is 1. The van der Waals surface area contributed by atoms with Gasteiger partial charge in [0.15, 0.2) is 11.6 Å². The van der Waals surface area contributed by atoms with Gasteiger partial charge in [-0.15, -0.1) is 10.2 Å². The normalized spacial score (nSPS) is 19.0. The van der Waals surface area contributed by atoms with Gasteiger partial charge < -0.3 is 9.30 Å². The van der Waals surface area contributed by atoms with Crippen LogP contribution in [0.25, 0.3) is 11.4 Å². The summed E-state index contributed by atoms with van der Waals surface area (Å²) >= 11 is 0. The van der Waals surface area contributed by atoms with Gasteiger partial charge in [0.1, 0.15) is 6.61 Å². The number of pyridine rings is 1. The number of nitrogens with zero attached hydrogens (tertiary/aromatic N) is 4. The van der Waals surface area contributed by atoms with Crippen molar-refractivity contribution in [1.82, 2.24) is 19.7 Å². The summed E-state index contributed by atoms with van der Waals surface area (Å²) in [7, 11) is 0. The third-order valence-corrected chi connectivity index (χ3v) is 3.08. The molecule has 3 rings (SSSR count). The van der Waals surface area contributed by atoms with Crippen LogP contribution in [0.3, 0.4) is 0 Å². The maximum absolute atomic E-state index is 5.51. The van der Waals surface area contributed by atoms with Gasteiger partial charge in [0.25, 0.3) is 0 Å². The Morgan fingerprint density at radius 1 is 1.35 bits per heavy atom. The largest absolute Gasteiger partial charge is 0.371 e. The van der Waals surface area contributed by atoms with Gasteiger partial charge in [-0.05, 0) is 18.6 Å². The van der Waals surface area contributed by atoms with E-state index in [1.807, 2.05) is 12.1 Å². The van der Waals surface area contributed by atoms with Crippen molar-refractivity contribution in [3.8, 4) is 11.4 Å². The molecule has 88 valence electrons. The molecule has 1 unspecified atom stereocenters. The van der Waals surface area contributed by atoms with Crippen molar-refractivity contribution in [2.45, 2.75) is 26.0 Å². The molecule has 1 atom stereocenters. The highest BCUT2D eigenvalue weighted by atomic mass is 16.5. The zero-order valence-electron chi connectivity index (χ0n) is 9.71. The van der Waals surface area contributed by atoms with E-state index in [0.29, 0.717) is 12.6 Å². The summed E-state index contributed by atoms with van der Waals surface area (Å²) in [5, 5.41) is 8.47. The highest BCUT2D eigenvalue weighted by Gasteiger charge is 2.24. The van der Waals surface area contributed by atoms with Gasteiger partial charge in [0.05, 0.1) is 12.6 Å². The number of fused-ring (bicyclic) bond motifs is 1. The van der Waals surface area contributed by atoms with Gasteiger partial charge in [-0.25, -0.2) is 0 Å². The van der Waals surface area contributed by atoms with Crippen molar-refractivity contribution in [2.24, 2.45) is 0 Å². The van der Waals surface area contributed by atoms with Crippen molar-refractivity contribution < 1.29 is 4.74 Å². The average Bonchev–Trinajstić information content (AvgIpc) is 2.83. The fourth-order valence-electron chi connectivity index (χ4n) is 2.16. The molecule has 0 radical (unpaired) electrons. The van der Waals surface area contributed by atoms with E-state index in [2.05, 4.69) is 26.7 Å². The van der Waals surface area contributed by atoms with Crippen molar-refractivity contribution in [1.29, 1.82) is 0 Å². The van der Waals surface area contributed by atoms with Crippen LogP contribution in [0.5, 0.6) is 0 Å². The summed E-state index contributed by atoms with van der Waals surface area (Å²) in [6, 6.07) is 4.25. The Balaban J connectivity index is 2.10. The molecule has 0 N–H and O–H groups in total. The third-order valence-electron chi connectivity index (χ3n) is 3.08. The van der Waals surface area contributed by atoms with Gasteiger partial charge in [0.2, 0.25) is 0 Å². The van der Waals surface area contributed by atoms with Crippen LogP contribution in [0.1, 0.15) is 25.2 Å². The average molecular weight is 230 g/mol. The standard InChI is InChI=1S/C12H14N4O/c1-2-10-7-17-8-11-14-15-12(16(10)11)9-3-5-13-6-4-9/h3-6,10H,2,7-8H2,1H3. The molecule has 5 nitrogen and oxygen atoms in total. The molecule has 1 aliphatic heterocycles. The van der Waals surface area contributed by atoms with E-state index in [9.17, 15) is 0 Å². The van der Waals surface area contributed by atoms with Crippen LogP contribution < -0.4 is 0 Å². The molecule has 0 aromatic carbocycles. The predicted molar refractivity (Wildman–Crippen MR) is 62.2 cm³/mol. The quantitative estimate of drug-likeness (QED) is 0.789. The van der Waals surface area contributed by atoms with Crippen LogP contribution >= 0.6 is 0 Å². The Labute approximate surface area is 99.5 Å². The second-order valence-corrected chi connectivity index (χ2v) is 4.12. The lowest BCUT2D eigenvalue weighted by Gasteiger charge is -2.25. The van der Waals surface area contributed by atoms with Crippen LogP contribution in [0.4, 0.5) is 0 Å². The lowest BCUT2D eigenvalue weighted by molar-refractivity contribution is 0.0542. The first kappa shape index (κ1) is 10.4. The smallest absolute Gasteiger partial charge is 0.164 e. The maximum Gasteiger partial charge on any atom is 0.164 e. The SMILES string of the molecule is CCC1COCc2nnc(-c3ccncc3)n21. The van der Waals surface area contributed by atoms with Crippen LogP contribution in [-0.4, -0.2) is 26.4 Å². The van der Waals surface area contributed by atoms with E-state index in [1.165, 1.54) is 0 Å².